The van der Waals surface area contributed by atoms with E-state index >= 15 is 0 Å². The summed E-state index contributed by atoms with van der Waals surface area (Å²) < 4.78 is 1.54. The van der Waals surface area contributed by atoms with E-state index < -0.39 is 6.04 Å². The van der Waals surface area contributed by atoms with Gasteiger partial charge in [0.05, 0.1) is 0 Å². The van der Waals surface area contributed by atoms with Crippen molar-refractivity contribution in [2.24, 2.45) is 5.73 Å². The van der Waals surface area contributed by atoms with Gasteiger partial charge in [0, 0.05) is 37.1 Å². The highest BCUT2D eigenvalue weighted by Gasteiger charge is 2.41. The number of aromatic nitrogens is 4. The van der Waals surface area contributed by atoms with Gasteiger partial charge in [-0.15, -0.1) is 5.10 Å². The van der Waals surface area contributed by atoms with E-state index in [1.165, 1.54) is 9.42 Å². The first-order valence-electron chi connectivity index (χ1n) is 8.92. The van der Waals surface area contributed by atoms with Crippen molar-refractivity contribution < 1.29 is 9.59 Å². The zero-order chi connectivity index (χ0) is 19.0. The van der Waals surface area contributed by atoms with Crippen LogP contribution in [0.1, 0.15) is 42.3 Å². The Morgan fingerprint density at radius 2 is 1.96 bits per heavy atom. The predicted octanol–water partition coefficient (Wildman–Crippen LogP) is 0.151. The van der Waals surface area contributed by atoms with Gasteiger partial charge in [0.1, 0.15) is 6.04 Å². The second-order valence-corrected chi connectivity index (χ2v) is 6.67. The van der Waals surface area contributed by atoms with Crippen LogP contribution in [-0.2, 0) is 4.79 Å². The summed E-state index contributed by atoms with van der Waals surface area (Å²) in [6.45, 7) is 9.09. The molecule has 0 radical (unpaired) electrons. The van der Waals surface area contributed by atoms with E-state index in [1.54, 1.807) is 4.90 Å². The molecule has 9 nitrogen and oxygen atoms in total. The maximum atomic E-state index is 13.0. The van der Waals surface area contributed by atoms with Crippen molar-refractivity contribution in [2.45, 2.75) is 46.2 Å². The van der Waals surface area contributed by atoms with Gasteiger partial charge in [-0.1, -0.05) is 0 Å². The number of carbonyl (C=O) groups excluding carboxylic acids is 2. The molecule has 0 bridgehead atoms. The molecule has 2 atom stereocenters. The Bertz CT molecular complexity index is 843. The van der Waals surface area contributed by atoms with E-state index in [-0.39, 0.29) is 23.7 Å². The molecular weight excluding hydrogens is 334 g/mol. The second-order valence-electron chi connectivity index (χ2n) is 6.67. The molecule has 3 rings (SSSR count). The number of nitrogens with zero attached hydrogens (tertiary/aromatic N) is 6. The topological polar surface area (TPSA) is 110 Å². The van der Waals surface area contributed by atoms with Gasteiger partial charge in [0.15, 0.2) is 0 Å². The number of carbonyl (C=O) groups is 2. The predicted molar refractivity (Wildman–Crippen MR) is 95.6 cm³/mol. The summed E-state index contributed by atoms with van der Waals surface area (Å²) in [7, 11) is 0. The third kappa shape index (κ3) is 3.14. The molecule has 1 aliphatic heterocycles. The second kappa shape index (κ2) is 6.99. The smallest absolute Gasteiger partial charge is 0.294 e. The van der Waals surface area contributed by atoms with Crippen LogP contribution in [0.15, 0.2) is 6.07 Å². The van der Waals surface area contributed by atoms with Crippen molar-refractivity contribution in [3.63, 3.8) is 0 Å². The Kier molecular flexibility index (Phi) is 4.90. The Hall–Kier alpha value is -2.55. The lowest BCUT2D eigenvalue weighted by molar-refractivity contribution is -0.134. The Morgan fingerprint density at radius 3 is 2.62 bits per heavy atom. The SMILES string of the molecule is CCN(CC)C(=O)[C@@H]1C[C@H](N)CN1C(=O)c1nc2nc(C)cc(C)n2n1. The van der Waals surface area contributed by atoms with E-state index in [0.29, 0.717) is 31.8 Å². The molecule has 0 spiro atoms. The fourth-order valence-electron chi connectivity index (χ4n) is 3.46. The number of amides is 2. The summed E-state index contributed by atoms with van der Waals surface area (Å²) in [5.41, 5.74) is 7.69. The van der Waals surface area contributed by atoms with Crippen molar-refractivity contribution >= 4 is 17.6 Å². The van der Waals surface area contributed by atoms with Gasteiger partial charge >= 0.3 is 0 Å². The number of hydrogen-bond acceptors (Lipinski definition) is 6. The molecule has 0 aliphatic carbocycles. The zero-order valence-corrected chi connectivity index (χ0v) is 15.6. The summed E-state index contributed by atoms with van der Waals surface area (Å²) in [4.78, 5) is 37.6. The Labute approximate surface area is 152 Å². The van der Waals surface area contributed by atoms with Crippen LogP contribution in [0, 0.1) is 13.8 Å². The molecule has 0 saturated carbocycles. The summed E-state index contributed by atoms with van der Waals surface area (Å²) in [6.07, 6.45) is 0.449. The van der Waals surface area contributed by atoms with Crippen LogP contribution >= 0.6 is 0 Å². The Morgan fingerprint density at radius 1 is 1.27 bits per heavy atom. The third-order valence-corrected chi connectivity index (χ3v) is 4.76. The number of likely N-dealkylation sites (tertiary alicyclic amines) is 1. The largest absolute Gasteiger partial charge is 0.341 e. The molecule has 2 aromatic heterocycles. The van der Waals surface area contributed by atoms with Crippen LogP contribution in [0.25, 0.3) is 5.78 Å². The average molecular weight is 359 g/mol. The molecule has 2 N–H and O–H groups in total. The number of nitrogens with two attached hydrogens (primary N) is 1. The quantitative estimate of drug-likeness (QED) is 0.832. The lowest BCUT2D eigenvalue weighted by Gasteiger charge is -2.28. The van der Waals surface area contributed by atoms with Crippen LogP contribution in [0.3, 0.4) is 0 Å². The van der Waals surface area contributed by atoms with Crippen molar-refractivity contribution in [3.8, 4) is 0 Å². The third-order valence-electron chi connectivity index (χ3n) is 4.76. The minimum absolute atomic E-state index is 0.0395. The van der Waals surface area contributed by atoms with Crippen molar-refractivity contribution in [1.82, 2.24) is 29.4 Å². The lowest BCUT2D eigenvalue weighted by Crippen LogP contribution is -2.48. The highest BCUT2D eigenvalue weighted by molar-refractivity contribution is 5.95. The maximum Gasteiger partial charge on any atom is 0.294 e. The van der Waals surface area contributed by atoms with Gasteiger partial charge in [-0.2, -0.15) is 4.98 Å². The van der Waals surface area contributed by atoms with E-state index in [4.69, 9.17) is 5.73 Å². The van der Waals surface area contributed by atoms with Gasteiger partial charge in [0.25, 0.3) is 11.7 Å². The van der Waals surface area contributed by atoms with Gasteiger partial charge < -0.3 is 15.5 Å². The summed E-state index contributed by atoms with van der Waals surface area (Å²) in [5, 5.41) is 4.29. The highest BCUT2D eigenvalue weighted by atomic mass is 16.2. The number of rotatable bonds is 4. The molecular formula is C17H25N7O2. The molecule has 2 amide bonds. The molecule has 1 fully saturated rings. The van der Waals surface area contributed by atoms with Crippen molar-refractivity contribution in [3.05, 3.63) is 23.3 Å². The molecule has 0 aromatic carbocycles. The van der Waals surface area contributed by atoms with Crippen LogP contribution < -0.4 is 5.73 Å². The molecule has 1 aliphatic rings. The van der Waals surface area contributed by atoms with E-state index in [0.717, 1.165) is 11.4 Å². The lowest BCUT2D eigenvalue weighted by atomic mass is 10.1. The molecule has 1 saturated heterocycles. The zero-order valence-electron chi connectivity index (χ0n) is 15.6. The number of hydrogen-bond donors (Lipinski definition) is 1. The number of likely N-dealkylation sites (N-methyl/N-ethyl adjacent to an activating group) is 1. The van der Waals surface area contributed by atoms with Gasteiger partial charge in [-0.3, -0.25) is 9.59 Å². The van der Waals surface area contributed by atoms with Crippen molar-refractivity contribution in [1.29, 1.82) is 0 Å². The van der Waals surface area contributed by atoms with Crippen LogP contribution in [0.4, 0.5) is 0 Å². The van der Waals surface area contributed by atoms with Crippen LogP contribution in [-0.4, -0.2) is 72.9 Å². The molecule has 3 heterocycles. The fraction of sp³-hybridized carbons (Fsp3) is 0.588. The van der Waals surface area contributed by atoms with E-state index in [1.807, 2.05) is 33.8 Å². The molecule has 26 heavy (non-hydrogen) atoms. The first kappa shape index (κ1) is 18.2. The van der Waals surface area contributed by atoms with Crippen LogP contribution in [0.5, 0.6) is 0 Å². The Balaban J connectivity index is 1.92. The molecule has 9 heteroatoms. The average Bonchev–Trinajstić information content (AvgIpc) is 3.19. The first-order valence-corrected chi connectivity index (χ1v) is 8.92. The van der Waals surface area contributed by atoms with Gasteiger partial charge in [-0.25, -0.2) is 9.50 Å². The van der Waals surface area contributed by atoms with Crippen molar-refractivity contribution in [2.75, 3.05) is 19.6 Å². The minimum atomic E-state index is -0.570. The van der Waals surface area contributed by atoms with Gasteiger partial charge in [-0.05, 0) is 40.2 Å². The molecule has 0 unspecified atom stereocenters. The monoisotopic (exact) mass is 359 g/mol. The molecule has 2 aromatic rings. The normalized spacial score (nSPS) is 20.0. The fourth-order valence-corrected chi connectivity index (χ4v) is 3.46. The standard InChI is InChI=1S/C17H25N7O2/c1-5-22(6-2)15(25)13-8-12(18)9-23(13)16(26)14-20-17-19-10(3)7-11(4)24(17)21-14/h7,12-13H,5-6,8-9,18H2,1-4H3/t12-,13-/m0/s1. The van der Waals surface area contributed by atoms with Gasteiger partial charge in [0.2, 0.25) is 11.7 Å². The summed E-state index contributed by atoms with van der Waals surface area (Å²) >= 11 is 0. The first-order chi connectivity index (χ1) is 12.3. The van der Waals surface area contributed by atoms with E-state index in [9.17, 15) is 9.59 Å². The van der Waals surface area contributed by atoms with E-state index in [2.05, 4.69) is 15.1 Å². The molecule has 140 valence electrons. The van der Waals surface area contributed by atoms with Crippen LogP contribution in [0.2, 0.25) is 0 Å². The highest BCUT2D eigenvalue weighted by Crippen LogP contribution is 2.21. The summed E-state index contributed by atoms with van der Waals surface area (Å²) in [5.74, 6) is -0.0464. The number of fused-ring (bicyclic) bond motifs is 1. The maximum absolute atomic E-state index is 13.0. The summed E-state index contributed by atoms with van der Waals surface area (Å²) in [6, 6.07) is 1.07. The minimum Gasteiger partial charge on any atom is -0.341 e. The number of aryl methyl sites for hydroxylation is 2.